The first-order chi connectivity index (χ1) is 16.1. The molecule has 174 valence electrons. The lowest BCUT2D eigenvalue weighted by Gasteiger charge is -2.39. The molecule has 4 nitrogen and oxygen atoms in total. The largest absolute Gasteiger partial charge is 0.352 e. The fourth-order valence-corrected chi connectivity index (χ4v) is 4.78. The lowest BCUT2D eigenvalue weighted by atomic mass is 9.85. The van der Waals surface area contributed by atoms with Crippen molar-refractivity contribution >= 4 is 5.91 Å². The summed E-state index contributed by atoms with van der Waals surface area (Å²) in [7, 11) is 0. The van der Waals surface area contributed by atoms with Gasteiger partial charge in [-0.1, -0.05) is 36.4 Å². The Balaban J connectivity index is 1.35. The van der Waals surface area contributed by atoms with Crippen LogP contribution in [0.1, 0.15) is 47.7 Å². The van der Waals surface area contributed by atoms with E-state index in [2.05, 4.69) is 33.8 Å². The average molecular weight is 448 g/mol. The van der Waals surface area contributed by atoms with Gasteiger partial charge in [0.25, 0.3) is 5.91 Å². The maximum atomic E-state index is 13.4. The van der Waals surface area contributed by atoms with Gasteiger partial charge in [-0.15, -0.1) is 0 Å². The Morgan fingerprint density at radius 1 is 1.06 bits per heavy atom. The number of rotatable bonds is 9. The molecule has 1 saturated heterocycles. The van der Waals surface area contributed by atoms with Crippen molar-refractivity contribution in [2.45, 2.75) is 45.2 Å². The van der Waals surface area contributed by atoms with Crippen LogP contribution < -0.4 is 10.6 Å². The number of piperidine rings is 1. The van der Waals surface area contributed by atoms with Crippen LogP contribution in [0.2, 0.25) is 0 Å². The number of benzene rings is 2. The predicted octanol–water partition coefficient (Wildman–Crippen LogP) is 4.63. The van der Waals surface area contributed by atoms with Crippen molar-refractivity contribution in [2.24, 2.45) is 0 Å². The zero-order valence-electron chi connectivity index (χ0n) is 19.4. The molecule has 5 heteroatoms. The third-order valence-corrected chi connectivity index (χ3v) is 6.52. The SMILES string of the molecule is CCNC(=O)c1cccc(CNCCN2CC3=CCCC=C3CC2Cc2ccc(F)cc2)c1. The van der Waals surface area contributed by atoms with E-state index >= 15 is 0 Å². The molecule has 0 saturated carbocycles. The number of carbonyl (C=O) groups is 1. The number of carbonyl (C=O) groups excluding carboxylic acids is 1. The van der Waals surface area contributed by atoms with Crippen LogP contribution in [-0.2, 0) is 13.0 Å². The van der Waals surface area contributed by atoms with E-state index in [0.29, 0.717) is 18.2 Å². The van der Waals surface area contributed by atoms with Crippen molar-refractivity contribution in [1.29, 1.82) is 0 Å². The van der Waals surface area contributed by atoms with Gasteiger partial charge in [-0.2, -0.15) is 0 Å². The minimum atomic E-state index is -0.181. The molecule has 1 aliphatic heterocycles. The second-order valence-corrected chi connectivity index (χ2v) is 8.93. The van der Waals surface area contributed by atoms with E-state index in [0.717, 1.165) is 57.4 Å². The third kappa shape index (κ3) is 6.40. The lowest BCUT2D eigenvalue weighted by molar-refractivity contribution is 0.0955. The number of nitrogens with one attached hydrogen (secondary N) is 2. The van der Waals surface area contributed by atoms with Crippen LogP contribution in [0.15, 0.2) is 71.8 Å². The Morgan fingerprint density at radius 3 is 2.64 bits per heavy atom. The van der Waals surface area contributed by atoms with Crippen molar-refractivity contribution in [3.05, 3.63) is 94.3 Å². The van der Waals surface area contributed by atoms with Crippen molar-refractivity contribution in [3.63, 3.8) is 0 Å². The fraction of sp³-hybridized carbons (Fsp3) is 0.393. The molecule has 2 aliphatic rings. The number of halogens is 1. The number of hydrogen-bond donors (Lipinski definition) is 2. The van der Waals surface area contributed by atoms with Crippen LogP contribution in [-0.4, -0.2) is 43.0 Å². The molecule has 33 heavy (non-hydrogen) atoms. The van der Waals surface area contributed by atoms with E-state index in [4.69, 9.17) is 0 Å². The van der Waals surface area contributed by atoms with Crippen LogP contribution in [0.25, 0.3) is 0 Å². The van der Waals surface area contributed by atoms with E-state index in [9.17, 15) is 9.18 Å². The predicted molar refractivity (Wildman–Crippen MR) is 132 cm³/mol. The number of hydrogen-bond acceptors (Lipinski definition) is 3. The maximum absolute atomic E-state index is 13.4. The molecular weight excluding hydrogens is 413 g/mol. The topological polar surface area (TPSA) is 44.4 Å². The summed E-state index contributed by atoms with van der Waals surface area (Å²) in [5.41, 5.74) is 5.98. The zero-order chi connectivity index (χ0) is 23.0. The Morgan fingerprint density at radius 2 is 1.85 bits per heavy atom. The molecule has 1 amide bonds. The van der Waals surface area contributed by atoms with Gasteiger partial charge in [0.05, 0.1) is 0 Å². The summed E-state index contributed by atoms with van der Waals surface area (Å²) >= 11 is 0. The average Bonchev–Trinajstić information content (AvgIpc) is 2.83. The van der Waals surface area contributed by atoms with E-state index < -0.39 is 0 Å². The van der Waals surface area contributed by atoms with Crippen LogP contribution in [0.5, 0.6) is 0 Å². The molecular formula is C28H34FN3O. The third-order valence-electron chi connectivity index (χ3n) is 6.52. The highest BCUT2D eigenvalue weighted by atomic mass is 19.1. The number of fused-ring (bicyclic) bond motifs is 1. The Hall–Kier alpha value is -2.76. The van der Waals surface area contributed by atoms with Crippen LogP contribution in [0.4, 0.5) is 4.39 Å². The molecule has 0 aromatic heterocycles. The highest BCUT2D eigenvalue weighted by Gasteiger charge is 2.28. The van der Waals surface area contributed by atoms with Gasteiger partial charge in [-0.25, -0.2) is 4.39 Å². The molecule has 2 aromatic rings. The molecule has 2 N–H and O–H groups in total. The van der Waals surface area contributed by atoms with Gasteiger partial charge in [-0.05, 0) is 79.1 Å². The highest BCUT2D eigenvalue weighted by Crippen LogP contribution is 2.32. The molecule has 0 radical (unpaired) electrons. The molecule has 0 bridgehead atoms. The number of likely N-dealkylation sites (tertiary alicyclic amines) is 1. The van der Waals surface area contributed by atoms with Gasteiger partial charge in [0, 0.05) is 44.3 Å². The van der Waals surface area contributed by atoms with E-state index in [1.54, 1.807) is 12.1 Å². The Labute approximate surface area is 196 Å². The Kier molecular flexibility index (Phi) is 8.08. The van der Waals surface area contributed by atoms with E-state index in [1.807, 2.05) is 37.3 Å². The molecule has 2 aromatic carbocycles. The normalized spacial score (nSPS) is 18.3. The first-order valence-electron chi connectivity index (χ1n) is 12.1. The number of allylic oxidation sites excluding steroid dienone is 2. The second kappa shape index (κ2) is 11.4. The van der Waals surface area contributed by atoms with E-state index in [1.165, 1.54) is 16.7 Å². The van der Waals surface area contributed by atoms with Gasteiger partial charge in [-0.3, -0.25) is 9.69 Å². The fourth-order valence-electron chi connectivity index (χ4n) is 4.78. The van der Waals surface area contributed by atoms with Crippen molar-refractivity contribution in [2.75, 3.05) is 26.2 Å². The van der Waals surface area contributed by atoms with Gasteiger partial charge < -0.3 is 10.6 Å². The minimum absolute atomic E-state index is 0.0269. The monoisotopic (exact) mass is 447 g/mol. The zero-order valence-corrected chi connectivity index (χ0v) is 19.4. The van der Waals surface area contributed by atoms with Gasteiger partial charge >= 0.3 is 0 Å². The summed E-state index contributed by atoms with van der Waals surface area (Å²) in [6.07, 6.45) is 9.06. The van der Waals surface area contributed by atoms with Gasteiger partial charge in [0.15, 0.2) is 0 Å². The first-order valence-corrected chi connectivity index (χ1v) is 12.1. The summed E-state index contributed by atoms with van der Waals surface area (Å²) in [6.45, 7) is 6.09. The van der Waals surface area contributed by atoms with Crippen LogP contribution in [0.3, 0.4) is 0 Å². The molecule has 1 fully saturated rings. The smallest absolute Gasteiger partial charge is 0.251 e. The first kappa shape index (κ1) is 23.4. The maximum Gasteiger partial charge on any atom is 0.251 e. The molecule has 1 atom stereocenters. The van der Waals surface area contributed by atoms with E-state index in [-0.39, 0.29) is 11.7 Å². The standard InChI is InChI=1S/C28H34FN3O/c1-2-31-28(33)24-9-5-6-22(16-24)19-30-14-15-32-20-25-8-4-3-7-23(25)18-27(32)17-21-10-12-26(29)13-11-21/h5-13,16,27,30H,2-4,14-15,17-20H2,1H3,(H,31,33). The van der Waals surface area contributed by atoms with Crippen LogP contribution in [0, 0.1) is 5.82 Å². The number of nitrogens with zero attached hydrogens (tertiary/aromatic N) is 1. The van der Waals surface area contributed by atoms with Gasteiger partial charge in [0.1, 0.15) is 5.82 Å². The summed E-state index contributed by atoms with van der Waals surface area (Å²) in [6, 6.07) is 15.2. The van der Waals surface area contributed by atoms with Crippen molar-refractivity contribution in [3.8, 4) is 0 Å². The van der Waals surface area contributed by atoms with Crippen molar-refractivity contribution in [1.82, 2.24) is 15.5 Å². The molecule has 4 rings (SSSR count). The quantitative estimate of drug-likeness (QED) is 0.551. The summed E-state index contributed by atoms with van der Waals surface area (Å²) in [5.74, 6) is -0.208. The molecule has 1 unspecified atom stereocenters. The molecule has 0 spiro atoms. The molecule has 1 heterocycles. The Bertz CT molecular complexity index is 1010. The number of amides is 1. The second-order valence-electron chi connectivity index (χ2n) is 8.93. The summed E-state index contributed by atoms with van der Waals surface area (Å²) in [5, 5.41) is 6.41. The van der Waals surface area contributed by atoms with Crippen LogP contribution >= 0.6 is 0 Å². The summed E-state index contributed by atoms with van der Waals surface area (Å²) in [4.78, 5) is 14.7. The lowest BCUT2D eigenvalue weighted by Crippen LogP contribution is -2.45. The van der Waals surface area contributed by atoms with Crippen molar-refractivity contribution < 1.29 is 9.18 Å². The van der Waals surface area contributed by atoms with Gasteiger partial charge in [0.2, 0.25) is 0 Å². The summed E-state index contributed by atoms with van der Waals surface area (Å²) < 4.78 is 13.4. The highest BCUT2D eigenvalue weighted by molar-refractivity contribution is 5.94. The minimum Gasteiger partial charge on any atom is -0.352 e. The molecule has 1 aliphatic carbocycles.